The van der Waals surface area contributed by atoms with Crippen LogP contribution >= 0.6 is 0 Å². The molecule has 1 rings (SSSR count). The Bertz CT molecular complexity index is 309. The van der Waals surface area contributed by atoms with E-state index in [0.29, 0.717) is 5.76 Å². The molecule has 0 bridgehead atoms. The highest BCUT2D eigenvalue weighted by Gasteiger charge is 2.24. The Morgan fingerprint density at radius 2 is 2.15 bits per heavy atom. The van der Waals surface area contributed by atoms with E-state index in [4.69, 9.17) is 9.26 Å². The van der Waals surface area contributed by atoms with E-state index in [0.717, 1.165) is 0 Å². The van der Waals surface area contributed by atoms with Gasteiger partial charge in [-0.05, 0) is 32.9 Å². The van der Waals surface area contributed by atoms with Gasteiger partial charge in [-0.1, -0.05) is 0 Å². The van der Waals surface area contributed by atoms with Crippen molar-refractivity contribution in [3.8, 4) is 5.88 Å². The predicted octanol–water partition coefficient (Wildman–Crippen LogP) is 1.93. The van der Waals surface area contributed by atoms with E-state index in [-0.39, 0.29) is 11.8 Å². The smallest absolute Gasteiger partial charge is 0.318 e. The molecular formula is C9H13NO3. The number of carbonyl (C=O) groups is 1. The third kappa shape index (κ3) is 2.57. The van der Waals surface area contributed by atoms with Crippen LogP contribution in [0.3, 0.4) is 0 Å². The van der Waals surface area contributed by atoms with Gasteiger partial charge >= 0.3 is 5.97 Å². The van der Waals surface area contributed by atoms with Crippen molar-refractivity contribution in [1.29, 1.82) is 0 Å². The predicted molar refractivity (Wildman–Crippen MR) is 46.3 cm³/mol. The second-order valence-electron chi connectivity index (χ2n) is 3.92. The highest BCUT2D eigenvalue weighted by molar-refractivity contribution is 5.77. The number of aryl methyl sites for hydroxylation is 1. The van der Waals surface area contributed by atoms with Crippen molar-refractivity contribution in [3.63, 3.8) is 0 Å². The Balaban J connectivity index is 2.65. The number of ether oxygens (including phenoxy) is 1. The largest absolute Gasteiger partial charge is 0.404 e. The first kappa shape index (κ1) is 9.77. The molecule has 0 unspecified atom stereocenters. The maximum absolute atomic E-state index is 11.3. The molecule has 0 aliphatic carbocycles. The lowest BCUT2D eigenvalue weighted by molar-refractivity contribution is -0.143. The third-order valence-corrected chi connectivity index (χ3v) is 1.42. The second kappa shape index (κ2) is 3.20. The first-order valence-corrected chi connectivity index (χ1v) is 4.05. The van der Waals surface area contributed by atoms with E-state index in [1.54, 1.807) is 33.8 Å². The van der Waals surface area contributed by atoms with Gasteiger partial charge in [-0.3, -0.25) is 4.79 Å². The summed E-state index contributed by atoms with van der Waals surface area (Å²) in [6, 6.07) is 1.57. The summed E-state index contributed by atoms with van der Waals surface area (Å²) in [6.07, 6.45) is 0. The number of hydrogen-bond donors (Lipinski definition) is 0. The molecule has 0 aliphatic heterocycles. The normalized spacial score (nSPS) is 11.4. The van der Waals surface area contributed by atoms with Crippen molar-refractivity contribution in [2.24, 2.45) is 5.41 Å². The lowest BCUT2D eigenvalue weighted by Crippen LogP contribution is -2.25. The van der Waals surface area contributed by atoms with Gasteiger partial charge in [-0.2, -0.15) is 0 Å². The van der Waals surface area contributed by atoms with Crippen LogP contribution in [-0.2, 0) is 4.79 Å². The van der Waals surface area contributed by atoms with Crippen LogP contribution in [0.5, 0.6) is 5.88 Å². The van der Waals surface area contributed by atoms with Crippen LogP contribution in [0.25, 0.3) is 0 Å². The van der Waals surface area contributed by atoms with E-state index < -0.39 is 5.41 Å². The van der Waals surface area contributed by atoms with Gasteiger partial charge in [0.15, 0.2) is 0 Å². The Kier molecular flexibility index (Phi) is 2.40. The average Bonchev–Trinajstić information content (AvgIpc) is 2.33. The Morgan fingerprint density at radius 3 is 2.54 bits per heavy atom. The first-order valence-electron chi connectivity index (χ1n) is 4.05. The molecule has 0 radical (unpaired) electrons. The standard InChI is InChI=1S/C9H13NO3/c1-6-5-7(10-13-6)12-8(11)9(2,3)4/h5H,1-4H3. The Hall–Kier alpha value is -1.32. The molecule has 4 nitrogen and oxygen atoms in total. The summed E-state index contributed by atoms with van der Waals surface area (Å²) < 4.78 is 9.71. The Labute approximate surface area is 76.9 Å². The highest BCUT2D eigenvalue weighted by Crippen LogP contribution is 2.18. The fourth-order valence-corrected chi connectivity index (χ4v) is 0.640. The first-order chi connectivity index (χ1) is 5.89. The summed E-state index contributed by atoms with van der Waals surface area (Å²) in [6.45, 7) is 7.08. The van der Waals surface area contributed by atoms with Gasteiger partial charge in [-0.25, -0.2) is 0 Å². The number of nitrogens with zero attached hydrogens (tertiary/aromatic N) is 1. The molecule has 0 aliphatic rings. The molecule has 1 aromatic heterocycles. The van der Waals surface area contributed by atoms with Crippen LogP contribution in [-0.4, -0.2) is 11.1 Å². The summed E-state index contributed by atoms with van der Waals surface area (Å²) >= 11 is 0. The van der Waals surface area contributed by atoms with Gasteiger partial charge in [-0.15, -0.1) is 0 Å². The summed E-state index contributed by atoms with van der Waals surface area (Å²) in [7, 11) is 0. The van der Waals surface area contributed by atoms with Crippen molar-refractivity contribution >= 4 is 5.97 Å². The minimum Gasteiger partial charge on any atom is -0.404 e. The molecule has 4 heteroatoms. The number of esters is 1. The van der Waals surface area contributed by atoms with Gasteiger partial charge in [0.1, 0.15) is 5.76 Å². The number of hydrogen-bond acceptors (Lipinski definition) is 4. The molecule has 0 amide bonds. The quantitative estimate of drug-likeness (QED) is 0.624. The molecule has 1 aromatic rings. The van der Waals surface area contributed by atoms with Gasteiger partial charge in [0.2, 0.25) is 0 Å². The zero-order chi connectivity index (χ0) is 10.1. The third-order valence-electron chi connectivity index (χ3n) is 1.42. The minimum absolute atomic E-state index is 0.220. The van der Waals surface area contributed by atoms with Crippen molar-refractivity contribution < 1.29 is 14.1 Å². The van der Waals surface area contributed by atoms with Crippen molar-refractivity contribution in [2.75, 3.05) is 0 Å². The molecular weight excluding hydrogens is 170 g/mol. The zero-order valence-corrected chi connectivity index (χ0v) is 8.25. The topological polar surface area (TPSA) is 52.3 Å². The Morgan fingerprint density at radius 1 is 1.54 bits per heavy atom. The SMILES string of the molecule is Cc1cc(OC(=O)C(C)(C)C)no1. The minimum atomic E-state index is -0.521. The van der Waals surface area contributed by atoms with Crippen molar-refractivity contribution in [2.45, 2.75) is 27.7 Å². The van der Waals surface area contributed by atoms with E-state index >= 15 is 0 Å². The lowest BCUT2D eigenvalue weighted by atomic mass is 9.97. The van der Waals surface area contributed by atoms with Gasteiger partial charge in [0.05, 0.1) is 5.41 Å². The van der Waals surface area contributed by atoms with Crippen LogP contribution in [0.15, 0.2) is 10.6 Å². The lowest BCUT2D eigenvalue weighted by Gasteiger charge is -2.14. The monoisotopic (exact) mass is 183 g/mol. The summed E-state index contributed by atoms with van der Waals surface area (Å²) in [5.41, 5.74) is -0.521. The number of aromatic nitrogens is 1. The second-order valence-corrected chi connectivity index (χ2v) is 3.92. The summed E-state index contributed by atoms with van der Waals surface area (Å²) in [4.78, 5) is 11.3. The van der Waals surface area contributed by atoms with Crippen molar-refractivity contribution in [3.05, 3.63) is 11.8 Å². The van der Waals surface area contributed by atoms with Crippen LogP contribution in [0.2, 0.25) is 0 Å². The van der Waals surface area contributed by atoms with Gasteiger partial charge in [0.25, 0.3) is 5.88 Å². The van der Waals surface area contributed by atoms with Crippen LogP contribution in [0.1, 0.15) is 26.5 Å². The molecule has 13 heavy (non-hydrogen) atoms. The molecule has 0 aromatic carbocycles. The van der Waals surface area contributed by atoms with Crippen LogP contribution < -0.4 is 4.74 Å². The molecule has 0 atom stereocenters. The zero-order valence-electron chi connectivity index (χ0n) is 8.25. The van der Waals surface area contributed by atoms with Crippen molar-refractivity contribution in [1.82, 2.24) is 5.16 Å². The highest BCUT2D eigenvalue weighted by atomic mass is 16.6. The molecule has 72 valence electrons. The number of rotatable bonds is 1. The van der Waals surface area contributed by atoms with Gasteiger partial charge < -0.3 is 9.26 Å². The average molecular weight is 183 g/mol. The molecule has 0 saturated heterocycles. The molecule has 0 saturated carbocycles. The fourth-order valence-electron chi connectivity index (χ4n) is 0.640. The maximum Gasteiger partial charge on any atom is 0.318 e. The van der Waals surface area contributed by atoms with Gasteiger partial charge in [0, 0.05) is 6.07 Å². The fraction of sp³-hybridized carbons (Fsp3) is 0.556. The van der Waals surface area contributed by atoms with E-state index in [2.05, 4.69) is 5.16 Å². The molecule has 0 N–H and O–H groups in total. The molecule has 1 heterocycles. The van der Waals surface area contributed by atoms with Crippen LogP contribution in [0.4, 0.5) is 0 Å². The molecule has 0 spiro atoms. The summed E-state index contributed by atoms with van der Waals surface area (Å²) in [5.74, 6) is 0.523. The molecule has 0 fully saturated rings. The summed E-state index contributed by atoms with van der Waals surface area (Å²) in [5, 5.41) is 3.55. The van der Waals surface area contributed by atoms with Crippen LogP contribution in [0, 0.1) is 12.3 Å². The number of carbonyl (C=O) groups excluding carboxylic acids is 1. The van der Waals surface area contributed by atoms with E-state index in [1.165, 1.54) is 0 Å². The maximum atomic E-state index is 11.3. The van der Waals surface area contributed by atoms with E-state index in [1.807, 2.05) is 0 Å². The van der Waals surface area contributed by atoms with E-state index in [9.17, 15) is 4.79 Å².